The molecule has 0 aliphatic heterocycles. The Balaban J connectivity index is 2.70. The van der Waals surface area contributed by atoms with E-state index in [2.05, 4.69) is 23.2 Å². The summed E-state index contributed by atoms with van der Waals surface area (Å²) < 4.78 is 12.4. The molecule has 1 aromatic rings. The van der Waals surface area contributed by atoms with Gasteiger partial charge >= 0.3 is 5.97 Å². The highest BCUT2D eigenvalue weighted by Gasteiger charge is 2.17. The first-order valence-electron chi connectivity index (χ1n) is 6.24. The Kier molecular flexibility index (Phi) is 5.42. The van der Waals surface area contributed by atoms with E-state index in [0.717, 1.165) is 0 Å². The second-order valence-corrected chi connectivity index (χ2v) is 3.47. The number of esters is 1. The second kappa shape index (κ2) is 7.87. The van der Waals surface area contributed by atoms with Crippen molar-refractivity contribution >= 4 is 11.9 Å². The second-order valence-electron chi connectivity index (χ2n) is 3.47. The molecule has 1 amide bonds. The van der Waals surface area contributed by atoms with E-state index in [-0.39, 0.29) is 12.7 Å². The minimum Gasteiger partial charge on any atom is -0.465 e. The van der Waals surface area contributed by atoms with Crippen LogP contribution in [0.5, 0.6) is 0 Å². The molecule has 0 saturated carbocycles. The average Bonchev–Trinajstić information content (AvgIpc) is 2.48. The number of ether oxygens (including phenoxy) is 1. The fourth-order valence-corrected chi connectivity index (χ4v) is 1.28. The molecule has 1 unspecified atom stereocenters. The van der Waals surface area contributed by atoms with Crippen LogP contribution in [0.1, 0.15) is 18.7 Å². The van der Waals surface area contributed by atoms with Crippen molar-refractivity contribution in [1.29, 1.82) is 0 Å². The fourth-order valence-electron chi connectivity index (χ4n) is 1.28. The summed E-state index contributed by atoms with van der Waals surface area (Å²) in [6, 6.07) is 7.13. The van der Waals surface area contributed by atoms with E-state index < -0.39 is 17.9 Å². The van der Waals surface area contributed by atoms with Crippen LogP contribution in [0.4, 0.5) is 0 Å². The maximum Gasteiger partial charge on any atom is 0.329 e. The Morgan fingerprint density at radius 1 is 1.53 bits per heavy atom. The molecule has 5 heteroatoms. The van der Waals surface area contributed by atoms with Gasteiger partial charge in [-0.25, -0.2) is 10.2 Å². The molecule has 0 radical (unpaired) electrons. The van der Waals surface area contributed by atoms with E-state index >= 15 is 0 Å². The van der Waals surface area contributed by atoms with Crippen LogP contribution in [0.15, 0.2) is 48.7 Å². The summed E-state index contributed by atoms with van der Waals surface area (Å²) in [6.45, 7) is 5.13. The molecule has 0 heterocycles. The quantitative estimate of drug-likeness (QED) is 0.458. The number of carbonyl (C=O) groups excluding carboxylic acids is 2. The third-order valence-electron chi connectivity index (χ3n) is 2.13. The van der Waals surface area contributed by atoms with Crippen LogP contribution in [0.2, 0.25) is 0 Å². The molecule has 1 rings (SSSR count). The molecule has 0 aliphatic rings. The minimum atomic E-state index is -1.14. The van der Waals surface area contributed by atoms with Gasteiger partial charge in [-0.15, -0.1) is 5.73 Å². The fraction of sp³-hybridized carbons (Fsp3) is 0.214. The number of hydrogen-bond donors (Lipinski definition) is 2. The summed E-state index contributed by atoms with van der Waals surface area (Å²) in [7, 11) is 0. The van der Waals surface area contributed by atoms with E-state index in [4.69, 9.17) is 6.11 Å². The number of benzene rings is 1. The van der Waals surface area contributed by atoms with Gasteiger partial charge in [0, 0.05) is 5.56 Å². The molecule has 0 spiro atoms. The topological polar surface area (TPSA) is 67.4 Å². The Labute approximate surface area is 113 Å². The first-order chi connectivity index (χ1) is 9.60. The third-order valence-corrected chi connectivity index (χ3v) is 2.13. The van der Waals surface area contributed by atoms with Gasteiger partial charge in [0.05, 0.1) is 7.98 Å². The van der Waals surface area contributed by atoms with Gasteiger partial charge in [0.25, 0.3) is 5.91 Å². The molecular weight excluding hydrogens is 244 g/mol. The summed E-state index contributed by atoms with van der Waals surface area (Å²) in [5, 5.41) is 0. The zero-order chi connectivity index (χ0) is 15.0. The van der Waals surface area contributed by atoms with Crippen molar-refractivity contribution in [3.05, 3.63) is 54.3 Å². The maximum atomic E-state index is 11.8. The van der Waals surface area contributed by atoms with Crippen molar-refractivity contribution in [3.63, 3.8) is 0 Å². The van der Waals surface area contributed by atoms with Gasteiger partial charge in [-0.3, -0.25) is 10.2 Å². The Bertz CT molecular complexity index is 524. The van der Waals surface area contributed by atoms with Gasteiger partial charge in [-0.05, 0) is 25.1 Å². The number of rotatable bonds is 6. The molecule has 0 saturated heterocycles. The van der Waals surface area contributed by atoms with Crippen LogP contribution >= 0.6 is 0 Å². The predicted octanol–water partition coefficient (Wildman–Crippen LogP) is 1.19. The lowest BCUT2D eigenvalue weighted by atomic mass is 10.2. The monoisotopic (exact) mass is 261 g/mol. The first kappa shape index (κ1) is 13.1. The average molecular weight is 261 g/mol. The van der Waals surface area contributed by atoms with Crippen LogP contribution in [-0.2, 0) is 9.53 Å². The number of nitrogens with one attached hydrogen (secondary N) is 2. The van der Waals surface area contributed by atoms with Crippen LogP contribution in [0.25, 0.3) is 0 Å². The summed E-state index contributed by atoms with van der Waals surface area (Å²) in [5.41, 5.74) is 7.52. The zero-order valence-corrected chi connectivity index (χ0v) is 10.6. The van der Waals surface area contributed by atoms with Crippen molar-refractivity contribution in [2.24, 2.45) is 0 Å². The number of hydrazine groups is 1. The molecule has 0 aromatic heterocycles. The van der Waals surface area contributed by atoms with Crippen LogP contribution in [0, 0.1) is 0 Å². The van der Waals surface area contributed by atoms with Crippen molar-refractivity contribution < 1.29 is 15.7 Å². The van der Waals surface area contributed by atoms with Crippen molar-refractivity contribution in [1.82, 2.24) is 10.9 Å². The van der Waals surface area contributed by atoms with E-state index in [1.807, 2.05) is 0 Å². The number of carbonyl (C=O) groups is 2. The summed E-state index contributed by atoms with van der Waals surface area (Å²) >= 11 is 0. The Morgan fingerprint density at radius 2 is 2.21 bits per heavy atom. The van der Waals surface area contributed by atoms with Crippen molar-refractivity contribution in [3.8, 4) is 0 Å². The van der Waals surface area contributed by atoms with Gasteiger partial charge < -0.3 is 4.74 Å². The van der Waals surface area contributed by atoms with E-state index in [0.29, 0.717) is 5.56 Å². The highest BCUT2D eigenvalue weighted by molar-refractivity contribution is 5.94. The lowest BCUT2D eigenvalue weighted by molar-refractivity contribution is -0.144. The zero-order valence-electron chi connectivity index (χ0n) is 11.6. The number of hydrogen-bond acceptors (Lipinski definition) is 4. The molecule has 0 bridgehead atoms. The standard InChI is InChI=1S/C14H16N2O3/c1-3-8-12(14(18)19-4-2)15-16-13(17)11-9-6-5-7-10-11/h5-10,12,15H,1,4H2,2H3,(H,16,17)/i8D. The largest absolute Gasteiger partial charge is 0.465 e. The van der Waals surface area contributed by atoms with E-state index in [9.17, 15) is 9.59 Å². The van der Waals surface area contributed by atoms with E-state index in [1.165, 1.54) is 0 Å². The van der Waals surface area contributed by atoms with Crippen LogP contribution < -0.4 is 10.9 Å². The Morgan fingerprint density at radius 3 is 2.79 bits per heavy atom. The van der Waals surface area contributed by atoms with Crippen molar-refractivity contribution in [2.45, 2.75) is 13.0 Å². The predicted molar refractivity (Wildman–Crippen MR) is 71.2 cm³/mol. The lowest BCUT2D eigenvalue weighted by Gasteiger charge is -2.13. The highest BCUT2D eigenvalue weighted by atomic mass is 16.5. The molecule has 1 aromatic carbocycles. The summed E-state index contributed by atoms with van der Waals surface area (Å²) in [6.07, 6.45) is 0. The minimum absolute atomic E-state index is 0.175. The molecule has 100 valence electrons. The summed E-state index contributed by atoms with van der Waals surface area (Å²) in [5.74, 6) is -1.10. The van der Waals surface area contributed by atoms with Crippen molar-refractivity contribution in [2.75, 3.05) is 6.61 Å². The van der Waals surface area contributed by atoms with Gasteiger partial charge in [0.15, 0.2) is 0 Å². The third kappa shape index (κ3) is 4.79. The SMILES string of the molecule is [2H]C(=C=C)C(NNC(=O)c1ccccc1)C(=O)OCC. The van der Waals surface area contributed by atoms with Gasteiger partial charge in [-0.1, -0.05) is 24.8 Å². The van der Waals surface area contributed by atoms with Crippen LogP contribution in [-0.4, -0.2) is 24.5 Å². The summed E-state index contributed by atoms with van der Waals surface area (Å²) in [4.78, 5) is 23.5. The first-order valence-corrected chi connectivity index (χ1v) is 5.74. The molecule has 1 atom stereocenters. The Hall–Kier alpha value is -2.36. The van der Waals surface area contributed by atoms with Gasteiger partial charge in [0.1, 0.15) is 6.04 Å². The smallest absolute Gasteiger partial charge is 0.329 e. The molecule has 2 N–H and O–H groups in total. The van der Waals surface area contributed by atoms with Gasteiger partial charge in [-0.2, -0.15) is 0 Å². The molecule has 19 heavy (non-hydrogen) atoms. The van der Waals surface area contributed by atoms with Crippen LogP contribution in [0.3, 0.4) is 0 Å². The normalized spacial score (nSPS) is 11.7. The molecular formula is C14H16N2O3. The number of amides is 1. The van der Waals surface area contributed by atoms with Gasteiger partial charge in [0.2, 0.25) is 0 Å². The molecule has 0 fully saturated rings. The lowest BCUT2D eigenvalue weighted by Crippen LogP contribution is -2.47. The van der Waals surface area contributed by atoms with E-state index in [1.54, 1.807) is 37.3 Å². The highest BCUT2D eigenvalue weighted by Crippen LogP contribution is 1.97. The molecule has 5 nitrogen and oxygen atoms in total. The maximum absolute atomic E-state index is 11.8. The molecule has 0 aliphatic carbocycles.